The standard InChI is InChI=1S/C25H43N3O3/c1-6-24(7-2,11-14-29)18-27-23(26-8-3)28-19-25(12-15-31-16-13-25)21-17-20(4)9-10-22(21)30-5/h9-10,17,29H,6-8,11-16,18-19H2,1-5H3,(H2,26,27,28). The maximum absolute atomic E-state index is 9.53. The van der Waals surface area contributed by atoms with Crippen molar-refractivity contribution in [1.29, 1.82) is 0 Å². The van der Waals surface area contributed by atoms with Crippen LogP contribution in [0.5, 0.6) is 5.75 Å². The van der Waals surface area contributed by atoms with Crippen LogP contribution < -0.4 is 15.4 Å². The maximum atomic E-state index is 9.53. The Morgan fingerprint density at radius 2 is 1.90 bits per heavy atom. The number of aliphatic imine (C=N–C) groups is 1. The number of ether oxygens (including phenoxy) is 2. The number of nitrogens with one attached hydrogen (secondary N) is 2. The minimum absolute atomic E-state index is 0.0488. The number of nitrogens with zero attached hydrogens (tertiary/aromatic N) is 1. The Balaban J connectivity index is 2.27. The van der Waals surface area contributed by atoms with Crippen molar-refractivity contribution in [3.05, 3.63) is 29.3 Å². The van der Waals surface area contributed by atoms with Crippen molar-refractivity contribution in [3.8, 4) is 5.75 Å². The molecule has 1 saturated heterocycles. The van der Waals surface area contributed by atoms with E-state index in [0.717, 1.165) is 70.1 Å². The third-order valence-electron chi connectivity index (χ3n) is 7.03. The molecule has 6 heteroatoms. The molecule has 0 aromatic heterocycles. The average molecular weight is 434 g/mol. The molecule has 2 rings (SSSR count). The monoisotopic (exact) mass is 433 g/mol. The van der Waals surface area contributed by atoms with Gasteiger partial charge in [-0.15, -0.1) is 0 Å². The fourth-order valence-electron chi connectivity index (χ4n) is 4.52. The van der Waals surface area contributed by atoms with Gasteiger partial charge in [0.2, 0.25) is 0 Å². The number of rotatable bonds is 11. The topological polar surface area (TPSA) is 75.1 Å². The summed E-state index contributed by atoms with van der Waals surface area (Å²) in [5.41, 5.74) is 2.47. The lowest BCUT2D eigenvalue weighted by molar-refractivity contribution is 0.0505. The van der Waals surface area contributed by atoms with Gasteiger partial charge in [0, 0.05) is 50.4 Å². The minimum atomic E-state index is -0.0660. The predicted molar refractivity (Wildman–Crippen MR) is 128 cm³/mol. The summed E-state index contributed by atoms with van der Waals surface area (Å²) in [4.78, 5) is 4.94. The van der Waals surface area contributed by atoms with Crippen LogP contribution in [0, 0.1) is 12.3 Å². The number of aliphatic hydroxyl groups excluding tert-OH is 1. The van der Waals surface area contributed by atoms with Crippen LogP contribution in [0.2, 0.25) is 0 Å². The number of aliphatic hydroxyl groups is 1. The first kappa shape index (κ1) is 25.5. The molecule has 0 bridgehead atoms. The molecule has 0 aliphatic carbocycles. The van der Waals surface area contributed by atoms with E-state index >= 15 is 0 Å². The van der Waals surface area contributed by atoms with E-state index in [1.807, 2.05) is 0 Å². The summed E-state index contributed by atoms with van der Waals surface area (Å²) in [5, 5.41) is 16.6. The van der Waals surface area contributed by atoms with Crippen LogP contribution in [0.3, 0.4) is 0 Å². The largest absolute Gasteiger partial charge is 0.496 e. The van der Waals surface area contributed by atoms with Gasteiger partial charge in [0.15, 0.2) is 5.96 Å². The molecule has 0 radical (unpaired) electrons. The molecule has 0 amide bonds. The molecule has 1 heterocycles. The van der Waals surface area contributed by atoms with Crippen LogP contribution in [0.1, 0.15) is 64.0 Å². The molecule has 0 spiro atoms. The van der Waals surface area contributed by atoms with E-state index in [2.05, 4.69) is 56.5 Å². The van der Waals surface area contributed by atoms with Crippen molar-refractivity contribution in [1.82, 2.24) is 10.6 Å². The van der Waals surface area contributed by atoms with Gasteiger partial charge in [0.05, 0.1) is 7.11 Å². The van der Waals surface area contributed by atoms with E-state index in [1.54, 1.807) is 7.11 Å². The van der Waals surface area contributed by atoms with Gasteiger partial charge < -0.3 is 25.2 Å². The molecule has 0 atom stereocenters. The number of methoxy groups -OCH3 is 1. The molecule has 31 heavy (non-hydrogen) atoms. The van der Waals surface area contributed by atoms with Gasteiger partial charge >= 0.3 is 0 Å². The van der Waals surface area contributed by atoms with Crippen LogP contribution in [0.4, 0.5) is 0 Å². The normalized spacial score (nSPS) is 16.8. The fraction of sp³-hybridized carbons (Fsp3) is 0.720. The SMILES string of the molecule is CCNC(=NCC(CC)(CC)CCO)NCC1(c2cc(C)ccc2OC)CCOCC1. The zero-order chi connectivity index (χ0) is 22.7. The first-order valence-electron chi connectivity index (χ1n) is 11.8. The zero-order valence-electron chi connectivity index (χ0n) is 20.2. The number of hydrogen-bond acceptors (Lipinski definition) is 4. The average Bonchev–Trinajstić information content (AvgIpc) is 2.80. The molecule has 0 saturated carbocycles. The van der Waals surface area contributed by atoms with Crippen molar-refractivity contribution in [2.45, 2.75) is 65.2 Å². The van der Waals surface area contributed by atoms with Crippen molar-refractivity contribution in [3.63, 3.8) is 0 Å². The molecule has 1 aromatic rings. The smallest absolute Gasteiger partial charge is 0.191 e. The lowest BCUT2D eigenvalue weighted by Gasteiger charge is -2.39. The molecule has 1 aromatic carbocycles. The van der Waals surface area contributed by atoms with Gasteiger partial charge in [-0.1, -0.05) is 31.5 Å². The first-order chi connectivity index (χ1) is 15.0. The maximum Gasteiger partial charge on any atom is 0.191 e. The van der Waals surface area contributed by atoms with Crippen LogP contribution >= 0.6 is 0 Å². The van der Waals surface area contributed by atoms with E-state index in [9.17, 15) is 5.11 Å². The van der Waals surface area contributed by atoms with E-state index < -0.39 is 0 Å². The molecular formula is C25H43N3O3. The molecule has 1 aliphatic heterocycles. The van der Waals surface area contributed by atoms with E-state index in [4.69, 9.17) is 14.5 Å². The molecule has 176 valence electrons. The Morgan fingerprint density at radius 3 is 2.48 bits per heavy atom. The highest BCUT2D eigenvalue weighted by Gasteiger charge is 2.37. The predicted octanol–water partition coefficient (Wildman–Crippen LogP) is 3.80. The summed E-state index contributed by atoms with van der Waals surface area (Å²) >= 11 is 0. The highest BCUT2D eigenvalue weighted by molar-refractivity contribution is 5.80. The third-order valence-corrected chi connectivity index (χ3v) is 7.03. The van der Waals surface area contributed by atoms with Crippen LogP contribution in [-0.2, 0) is 10.2 Å². The Bertz CT molecular complexity index is 695. The highest BCUT2D eigenvalue weighted by Crippen LogP contribution is 2.40. The molecule has 6 nitrogen and oxygen atoms in total. The Hall–Kier alpha value is -1.79. The van der Waals surface area contributed by atoms with Crippen LogP contribution in [0.25, 0.3) is 0 Å². The second-order valence-electron chi connectivity index (χ2n) is 8.83. The molecule has 1 fully saturated rings. The van der Waals surface area contributed by atoms with Gasteiger partial charge in [0.25, 0.3) is 0 Å². The fourth-order valence-corrected chi connectivity index (χ4v) is 4.52. The van der Waals surface area contributed by atoms with Gasteiger partial charge in [-0.2, -0.15) is 0 Å². The van der Waals surface area contributed by atoms with E-state index in [0.29, 0.717) is 6.54 Å². The second-order valence-corrected chi connectivity index (χ2v) is 8.83. The summed E-state index contributed by atoms with van der Waals surface area (Å²) in [7, 11) is 1.75. The van der Waals surface area contributed by atoms with Crippen molar-refractivity contribution in [2.75, 3.05) is 46.6 Å². The van der Waals surface area contributed by atoms with Crippen molar-refractivity contribution >= 4 is 5.96 Å². The number of hydrogen-bond donors (Lipinski definition) is 3. The number of guanidine groups is 1. The highest BCUT2D eigenvalue weighted by atomic mass is 16.5. The molecular weight excluding hydrogens is 390 g/mol. The van der Waals surface area contributed by atoms with Crippen LogP contribution in [0.15, 0.2) is 23.2 Å². The van der Waals surface area contributed by atoms with Gasteiger partial charge in [-0.3, -0.25) is 4.99 Å². The van der Waals surface area contributed by atoms with Gasteiger partial charge in [-0.05, 0) is 57.4 Å². The molecule has 1 aliphatic rings. The van der Waals surface area contributed by atoms with Crippen LogP contribution in [-0.4, -0.2) is 57.6 Å². The quantitative estimate of drug-likeness (QED) is 0.366. The molecule has 0 unspecified atom stereocenters. The first-order valence-corrected chi connectivity index (χ1v) is 11.8. The summed E-state index contributed by atoms with van der Waals surface area (Å²) in [6, 6.07) is 6.44. The van der Waals surface area contributed by atoms with Gasteiger partial charge in [0.1, 0.15) is 5.75 Å². The Kier molecular flexibility index (Phi) is 10.1. The summed E-state index contributed by atoms with van der Waals surface area (Å²) in [5.74, 6) is 1.78. The Morgan fingerprint density at radius 1 is 1.19 bits per heavy atom. The molecule has 3 N–H and O–H groups in total. The lowest BCUT2D eigenvalue weighted by atomic mass is 9.73. The summed E-state index contributed by atoms with van der Waals surface area (Å²) < 4.78 is 11.5. The number of benzene rings is 1. The summed E-state index contributed by atoms with van der Waals surface area (Å²) in [6.07, 6.45) is 4.68. The van der Waals surface area contributed by atoms with Crippen molar-refractivity contribution < 1.29 is 14.6 Å². The van der Waals surface area contributed by atoms with E-state index in [1.165, 1.54) is 11.1 Å². The van der Waals surface area contributed by atoms with Gasteiger partial charge in [-0.25, -0.2) is 0 Å². The Labute approximate surface area is 188 Å². The second kappa shape index (κ2) is 12.3. The van der Waals surface area contributed by atoms with E-state index in [-0.39, 0.29) is 17.4 Å². The van der Waals surface area contributed by atoms with Crippen molar-refractivity contribution in [2.24, 2.45) is 10.4 Å². The number of aryl methyl sites for hydroxylation is 1. The zero-order valence-corrected chi connectivity index (χ0v) is 20.2. The third kappa shape index (κ3) is 6.59. The summed E-state index contributed by atoms with van der Waals surface area (Å²) in [6.45, 7) is 12.6. The lowest BCUT2D eigenvalue weighted by Crippen LogP contribution is -2.48. The minimum Gasteiger partial charge on any atom is -0.496 e.